The van der Waals surface area contributed by atoms with Gasteiger partial charge in [0, 0.05) is 0 Å². The molecule has 0 amide bonds. The Morgan fingerprint density at radius 2 is 2.36 bits per heavy atom. The van der Waals surface area contributed by atoms with Gasteiger partial charge in [0.05, 0.1) is 9.77 Å². The zero-order valence-corrected chi connectivity index (χ0v) is 7.99. The number of furan rings is 1. The summed E-state index contributed by atoms with van der Waals surface area (Å²) in [6.45, 7) is 1.86. The van der Waals surface area contributed by atoms with Gasteiger partial charge in [-0.1, -0.05) is 0 Å². The first-order valence-electron chi connectivity index (χ1n) is 3.14. The minimum atomic E-state index is 0.750. The summed E-state index contributed by atoms with van der Waals surface area (Å²) in [4.78, 5) is 8.24. The van der Waals surface area contributed by atoms with Crippen LogP contribution < -0.4 is 0 Å². The second kappa shape index (κ2) is 2.44. The van der Waals surface area contributed by atoms with E-state index in [9.17, 15) is 0 Å². The topological polar surface area (TPSA) is 38.9 Å². The number of aromatic nitrogens is 2. The van der Waals surface area contributed by atoms with Gasteiger partial charge in [-0.25, -0.2) is 9.97 Å². The number of nitrogens with zero attached hydrogens (tertiary/aromatic N) is 2. The van der Waals surface area contributed by atoms with Crippen LogP contribution in [0.1, 0.15) is 5.82 Å². The lowest BCUT2D eigenvalue weighted by molar-refractivity contribution is 0.611. The molecule has 2 heterocycles. The van der Waals surface area contributed by atoms with E-state index >= 15 is 0 Å². The Balaban J connectivity index is 2.87. The highest BCUT2D eigenvalue weighted by Crippen LogP contribution is 2.19. The Morgan fingerprint density at radius 3 is 3.18 bits per heavy atom. The van der Waals surface area contributed by atoms with Crippen molar-refractivity contribution in [2.24, 2.45) is 0 Å². The number of hydrogen-bond acceptors (Lipinski definition) is 3. The summed E-state index contributed by atoms with van der Waals surface area (Å²) < 4.78 is 6.20. The molecule has 0 aromatic carbocycles. The Hall–Kier alpha value is -0.650. The van der Waals surface area contributed by atoms with Crippen LogP contribution in [0.25, 0.3) is 11.1 Å². The van der Waals surface area contributed by atoms with Crippen molar-refractivity contribution in [1.82, 2.24) is 9.97 Å². The summed E-state index contributed by atoms with van der Waals surface area (Å²) >= 11 is 2.19. The summed E-state index contributed by atoms with van der Waals surface area (Å²) in [6.07, 6.45) is 3.37. The maximum atomic E-state index is 5.17. The molecule has 2 rings (SSSR count). The fourth-order valence-electron chi connectivity index (χ4n) is 0.887. The molecule has 0 bridgehead atoms. The van der Waals surface area contributed by atoms with Gasteiger partial charge in [0.1, 0.15) is 17.6 Å². The van der Waals surface area contributed by atoms with E-state index < -0.39 is 0 Å². The van der Waals surface area contributed by atoms with E-state index in [1.165, 1.54) is 0 Å². The van der Waals surface area contributed by atoms with Gasteiger partial charge in [-0.3, -0.25) is 0 Å². The largest absolute Gasteiger partial charge is 0.460 e. The van der Waals surface area contributed by atoms with E-state index in [4.69, 9.17) is 4.42 Å². The average Bonchev–Trinajstić information content (AvgIpc) is 2.33. The molecule has 0 saturated carbocycles. The van der Waals surface area contributed by atoms with Crippen molar-refractivity contribution in [2.45, 2.75) is 6.92 Å². The molecule has 0 unspecified atom stereocenters. The van der Waals surface area contributed by atoms with Gasteiger partial charge in [0.2, 0.25) is 0 Å². The summed E-state index contributed by atoms with van der Waals surface area (Å²) in [6, 6.07) is 0. The van der Waals surface area contributed by atoms with E-state index in [1.54, 1.807) is 12.5 Å². The van der Waals surface area contributed by atoms with Crippen molar-refractivity contribution in [3.05, 3.63) is 21.9 Å². The Labute approximate surface area is 77.0 Å². The Bertz CT molecular complexity index is 396. The summed E-state index contributed by atoms with van der Waals surface area (Å²) in [5.74, 6) is 0.775. The van der Waals surface area contributed by atoms with Gasteiger partial charge in [-0.2, -0.15) is 0 Å². The first kappa shape index (κ1) is 7.02. The minimum absolute atomic E-state index is 0.750. The molecule has 2 aromatic rings. The van der Waals surface area contributed by atoms with Crippen LogP contribution in [0.5, 0.6) is 0 Å². The van der Waals surface area contributed by atoms with Crippen molar-refractivity contribution < 1.29 is 4.42 Å². The summed E-state index contributed by atoms with van der Waals surface area (Å²) in [7, 11) is 0. The summed E-state index contributed by atoms with van der Waals surface area (Å²) in [5.41, 5.74) is 1.65. The highest BCUT2D eigenvalue weighted by atomic mass is 127. The molecule has 3 nitrogen and oxygen atoms in total. The van der Waals surface area contributed by atoms with Crippen LogP contribution in [-0.2, 0) is 0 Å². The molecular weight excluding hydrogens is 255 g/mol. The monoisotopic (exact) mass is 260 g/mol. The fourth-order valence-corrected chi connectivity index (χ4v) is 1.40. The highest BCUT2D eigenvalue weighted by molar-refractivity contribution is 14.1. The van der Waals surface area contributed by atoms with E-state index in [0.717, 1.165) is 20.5 Å². The third kappa shape index (κ3) is 1.11. The molecule has 0 saturated heterocycles. The second-order valence-electron chi connectivity index (χ2n) is 2.21. The lowest BCUT2D eigenvalue weighted by atomic mass is 10.4. The van der Waals surface area contributed by atoms with Crippen LogP contribution in [0, 0.1) is 10.5 Å². The van der Waals surface area contributed by atoms with Gasteiger partial charge in [-0.15, -0.1) is 0 Å². The molecule has 0 radical (unpaired) electrons. The van der Waals surface area contributed by atoms with Crippen molar-refractivity contribution >= 4 is 33.7 Å². The predicted molar refractivity (Wildman–Crippen MR) is 49.3 cm³/mol. The standard InChI is InChI=1S/C7H5IN2O/c1-4-9-2-6-7(10-4)5(8)3-11-6/h2-3H,1H3. The van der Waals surface area contributed by atoms with Crippen LogP contribution in [0.15, 0.2) is 16.9 Å². The molecule has 2 aromatic heterocycles. The normalized spacial score (nSPS) is 10.7. The molecule has 0 N–H and O–H groups in total. The van der Waals surface area contributed by atoms with Crippen molar-refractivity contribution in [2.75, 3.05) is 0 Å². The molecule has 4 heteroatoms. The predicted octanol–water partition coefficient (Wildman–Crippen LogP) is 2.14. The third-order valence-corrected chi connectivity index (χ3v) is 2.16. The highest BCUT2D eigenvalue weighted by Gasteiger charge is 2.03. The molecule has 0 atom stereocenters. The van der Waals surface area contributed by atoms with Crippen LogP contribution in [-0.4, -0.2) is 9.97 Å². The van der Waals surface area contributed by atoms with Crippen molar-refractivity contribution in [1.29, 1.82) is 0 Å². The zero-order valence-electron chi connectivity index (χ0n) is 5.84. The van der Waals surface area contributed by atoms with Gasteiger partial charge in [0.25, 0.3) is 0 Å². The van der Waals surface area contributed by atoms with E-state index in [0.29, 0.717) is 0 Å². The van der Waals surface area contributed by atoms with Crippen LogP contribution in [0.2, 0.25) is 0 Å². The molecule has 0 spiro atoms. The molecule has 0 aliphatic heterocycles. The Kier molecular flexibility index (Phi) is 1.56. The lowest BCUT2D eigenvalue weighted by Crippen LogP contribution is -1.85. The smallest absolute Gasteiger partial charge is 0.171 e. The molecule has 0 aliphatic carbocycles. The lowest BCUT2D eigenvalue weighted by Gasteiger charge is -1.89. The van der Waals surface area contributed by atoms with Crippen molar-refractivity contribution in [3.63, 3.8) is 0 Å². The van der Waals surface area contributed by atoms with Gasteiger partial charge in [0.15, 0.2) is 5.58 Å². The van der Waals surface area contributed by atoms with Crippen LogP contribution in [0.4, 0.5) is 0 Å². The van der Waals surface area contributed by atoms with Gasteiger partial charge < -0.3 is 4.42 Å². The van der Waals surface area contributed by atoms with Crippen molar-refractivity contribution in [3.8, 4) is 0 Å². The summed E-state index contributed by atoms with van der Waals surface area (Å²) in [5, 5.41) is 0. The van der Waals surface area contributed by atoms with E-state index in [-0.39, 0.29) is 0 Å². The van der Waals surface area contributed by atoms with E-state index in [1.807, 2.05) is 6.92 Å². The zero-order chi connectivity index (χ0) is 7.84. The Morgan fingerprint density at radius 1 is 1.55 bits per heavy atom. The van der Waals surface area contributed by atoms with Crippen LogP contribution >= 0.6 is 22.6 Å². The first-order valence-corrected chi connectivity index (χ1v) is 4.21. The fraction of sp³-hybridized carbons (Fsp3) is 0.143. The van der Waals surface area contributed by atoms with Gasteiger partial charge in [-0.05, 0) is 29.5 Å². The van der Waals surface area contributed by atoms with Gasteiger partial charge >= 0.3 is 0 Å². The van der Waals surface area contributed by atoms with E-state index in [2.05, 4.69) is 32.6 Å². The quantitative estimate of drug-likeness (QED) is 0.681. The number of rotatable bonds is 0. The number of aryl methyl sites for hydroxylation is 1. The maximum absolute atomic E-state index is 5.17. The third-order valence-electron chi connectivity index (χ3n) is 1.39. The number of hydrogen-bond donors (Lipinski definition) is 0. The average molecular weight is 260 g/mol. The van der Waals surface area contributed by atoms with Crippen LogP contribution in [0.3, 0.4) is 0 Å². The minimum Gasteiger partial charge on any atom is -0.460 e. The molecule has 11 heavy (non-hydrogen) atoms. The molecule has 0 fully saturated rings. The molecular formula is C7H5IN2O. The molecule has 0 aliphatic rings. The number of halogens is 1. The SMILES string of the molecule is Cc1ncc2occ(I)c2n1. The second-order valence-corrected chi connectivity index (χ2v) is 3.38. The molecule has 56 valence electrons. The first-order chi connectivity index (χ1) is 5.27. The maximum Gasteiger partial charge on any atom is 0.171 e. The number of fused-ring (bicyclic) bond motifs is 1.